The molecule has 0 aliphatic rings. The second kappa shape index (κ2) is 8.06. The molecule has 0 aliphatic carbocycles. The fourth-order valence-corrected chi connectivity index (χ4v) is 4.04. The number of hydrogen-bond donors (Lipinski definition) is 0. The summed E-state index contributed by atoms with van der Waals surface area (Å²) in [6, 6.07) is 14.1. The quantitative estimate of drug-likeness (QED) is 0.427. The van der Waals surface area contributed by atoms with E-state index in [9.17, 15) is 0 Å². The third-order valence-corrected chi connectivity index (χ3v) is 5.49. The zero-order valence-electron chi connectivity index (χ0n) is 16.2. The highest BCUT2D eigenvalue weighted by molar-refractivity contribution is 7.98. The molecule has 28 heavy (non-hydrogen) atoms. The second-order valence-corrected chi connectivity index (χ2v) is 7.59. The Hall–Kier alpha value is -2.80. The second-order valence-electron chi connectivity index (χ2n) is 6.65. The van der Waals surface area contributed by atoms with Crippen LogP contribution in [0.25, 0.3) is 5.65 Å². The van der Waals surface area contributed by atoms with E-state index in [0.717, 1.165) is 40.4 Å². The molecule has 6 nitrogen and oxygen atoms in total. The van der Waals surface area contributed by atoms with Crippen molar-refractivity contribution in [3.05, 3.63) is 71.9 Å². The molecular weight excluding hydrogens is 370 g/mol. The van der Waals surface area contributed by atoms with Gasteiger partial charge in [-0.15, -0.1) is 10.2 Å². The number of rotatable bonds is 7. The van der Waals surface area contributed by atoms with Gasteiger partial charge in [0, 0.05) is 24.7 Å². The first-order valence-electron chi connectivity index (χ1n) is 9.36. The lowest BCUT2D eigenvalue weighted by molar-refractivity contribution is 0.210. The summed E-state index contributed by atoms with van der Waals surface area (Å²) in [5, 5.41) is 9.68. The average molecular weight is 394 g/mol. The van der Waals surface area contributed by atoms with E-state index >= 15 is 0 Å². The standard InChI is InChI=1S/C21H23N5OS/c1-4-26-20(16(3)27-18-9-7-8-15(2)12-18)23-24-21(26)28-14-17-13-25-11-6-5-10-19(25)22-17/h5-13,16H,4,14H2,1-3H3. The molecule has 0 bridgehead atoms. The number of nitrogens with zero attached hydrogens (tertiary/aromatic N) is 5. The Balaban J connectivity index is 1.48. The maximum Gasteiger partial charge on any atom is 0.191 e. The number of ether oxygens (including phenoxy) is 1. The maximum atomic E-state index is 6.09. The van der Waals surface area contributed by atoms with Crippen LogP contribution in [0.4, 0.5) is 0 Å². The number of fused-ring (bicyclic) bond motifs is 1. The van der Waals surface area contributed by atoms with Crippen molar-refractivity contribution in [2.75, 3.05) is 0 Å². The first-order chi connectivity index (χ1) is 13.6. The average Bonchev–Trinajstić information content (AvgIpc) is 3.29. The van der Waals surface area contributed by atoms with Crippen molar-refractivity contribution in [1.29, 1.82) is 0 Å². The van der Waals surface area contributed by atoms with E-state index in [0.29, 0.717) is 0 Å². The van der Waals surface area contributed by atoms with E-state index in [-0.39, 0.29) is 6.10 Å². The highest BCUT2D eigenvalue weighted by atomic mass is 32.2. The van der Waals surface area contributed by atoms with Crippen LogP contribution >= 0.6 is 11.8 Å². The van der Waals surface area contributed by atoms with Gasteiger partial charge in [-0.2, -0.15) is 0 Å². The molecule has 3 aromatic heterocycles. The zero-order chi connectivity index (χ0) is 19.5. The van der Waals surface area contributed by atoms with Crippen LogP contribution in [-0.2, 0) is 12.3 Å². The molecule has 0 saturated heterocycles. The van der Waals surface area contributed by atoms with Crippen LogP contribution in [0.3, 0.4) is 0 Å². The normalized spacial score (nSPS) is 12.4. The predicted octanol–water partition coefficient (Wildman–Crippen LogP) is 4.69. The Morgan fingerprint density at radius 2 is 2.04 bits per heavy atom. The van der Waals surface area contributed by atoms with Crippen molar-refractivity contribution in [3.63, 3.8) is 0 Å². The van der Waals surface area contributed by atoms with Gasteiger partial charge in [-0.05, 0) is 50.6 Å². The summed E-state index contributed by atoms with van der Waals surface area (Å²) in [7, 11) is 0. The van der Waals surface area contributed by atoms with Gasteiger partial charge in [-0.3, -0.25) is 0 Å². The largest absolute Gasteiger partial charge is 0.483 e. The van der Waals surface area contributed by atoms with Crippen LogP contribution in [0.1, 0.15) is 37.0 Å². The van der Waals surface area contributed by atoms with Crippen molar-refractivity contribution < 1.29 is 4.74 Å². The Kier molecular flexibility index (Phi) is 5.34. The van der Waals surface area contributed by atoms with Crippen LogP contribution < -0.4 is 4.74 Å². The van der Waals surface area contributed by atoms with E-state index in [1.807, 2.05) is 53.9 Å². The topological polar surface area (TPSA) is 57.2 Å². The van der Waals surface area contributed by atoms with Crippen molar-refractivity contribution in [3.8, 4) is 5.75 Å². The van der Waals surface area contributed by atoms with Gasteiger partial charge in [-0.25, -0.2) is 4.98 Å². The van der Waals surface area contributed by atoms with Crippen molar-refractivity contribution in [1.82, 2.24) is 24.1 Å². The minimum absolute atomic E-state index is 0.182. The molecule has 0 saturated carbocycles. The first kappa shape index (κ1) is 18.6. The molecule has 1 aromatic carbocycles. The molecule has 0 radical (unpaired) electrons. The summed E-state index contributed by atoms with van der Waals surface area (Å²) in [6.07, 6.45) is 3.88. The number of aromatic nitrogens is 5. The third kappa shape index (κ3) is 3.89. The monoisotopic (exact) mass is 393 g/mol. The number of benzene rings is 1. The summed E-state index contributed by atoms with van der Waals surface area (Å²) in [6.45, 7) is 6.95. The van der Waals surface area contributed by atoms with Crippen molar-refractivity contribution >= 4 is 17.4 Å². The first-order valence-corrected chi connectivity index (χ1v) is 10.3. The fraction of sp³-hybridized carbons (Fsp3) is 0.286. The molecule has 0 spiro atoms. The van der Waals surface area contributed by atoms with Crippen LogP contribution in [0, 0.1) is 6.92 Å². The fourth-order valence-electron chi connectivity index (χ4n) is 3.15. The number of aryl methyl sites for hydroxylation is 1. The van der Waals surface area contributed by atoms with Crippen LogP contribution in [-0.4, -0.2) is 24.1 Å². The highest BCUT2D eigenvalue weighted by Gasteiger charge is 2.19. The van der Waals surface area contributed by atoms with Crippen LogP contribution in [0.5, 0.6) is 5.75 Å². The van der Waals surface area contributed by atoms with E-state index in [1.165, 1.54) is 5.56 Å². The lowest BCUT2D eigenvalue weighted by Gasteiger charge is -2.15. The van der Waals surface area contributed by atoms with Gasteiger partial charge in [0.25, 0.3) is 0 Å². The summed E-state index contributed by atoms with van der Waals surface area (Å²) in [5.41, 5.74) is 3.15. The van der Waals surface area contributed by atoms with Gasteiger partial charge in [0.1, 0.15) is 11.4 Å². The summed E-state index contributed by atoms with van der Waals surface area (Å²) >= 11 is 1.64. The van der Waals surface area contributed by atoms with Gasteiger partial charge in [-0.1, -0.05) is 30.0 Å². The molecular formula is C21H23N5OS. The van der Waals surface area contributed by atoms with E-state index < -0.39 is 0 Å². The van der Waals surface area contributed by atoms with E-state index in [2.05, 4.69) is 45.9 Å². The molecule has 0 fully saturated rings. The molecule has 1 atom stereocenters. The Morgan fingerprint density at radius 1 is 1.14 bits per heavy atom. The Labute approximate surface area is 168 Å². The Morgan fingerprint density at radius 3 is 2.82 bits per heavy atom. The van der Waals surface area contributed by atoms with E-state index in [1.54, 1.807) is 11.8 Å². The molecule has 1 unspecified atom stereocenters. The van der Waals surface area contributed by atoms with E-state index in [4.69, 9.17) is 4.74 Å². The highest BCUT2D eigenvalue weighted by Crippen LogP contribution is 2.26. The summed E-state index contributed by atoms with van der Waals surface area (Å²) < 4.78 is 10.2. The number of hydrogen-bond acceptors (Lipinski definition) is 5. The van der Waals surface area contributed by atoms with Gasteiger partial charge in [0.15, 0.2) is 17.1 Å². The van der Waals surface area contributed by atoms with Gasteiger partial charge in [0.05, 0.1) is 5.69 Å². The van der Waals surface area contributed by atoms with Gasteiger partial charge in [0.2, 0.25) is 0 Å². The molecule has 7 heteroatoms. The Bertz CT molecular complexity index is 1050. The molecule has 0 N–H and O–H groups in total. The molecule has 4 aromatic rings. The van der Waals surface area contributed by atoms with Crippen molar-refractivity contribution in [2.45, 2.75) is 44.3 Å². The molecule has 0 amide bonds. The minimum Gasteiger partial charge on any atom is -0.483 e. The molecule has 144 valence electrons. The van der Waals surface area contributed by atoms with Crippen molar-refractivity contribution in [2.24, 2.45) is 0 Å². The predicted molar refractivity (Wildman–Crippen MR) is 111 cm³/mol. The van der Waals surface area contributed by atoms with Gasteiger partial charge < -0.3 is 13.7 Å². The lowest BCUT2D eigenvalue weighted by Crippen LogP contribution is -2.12. The lowest BCUT2D eigenvalue weighted by atomic mass is 10.2. The number of pyridine rings is 1. The SMILES string of the molecule is CCn1c(SCc2cn3ccccc3n2)nnc1C(C)Oc1cccc(C)c1. The van der Waals surface area contributed by atoms with Gasteiger partial charge >= 0.3 is 0 Å². The number of imidazole rings is 1. The summed E-state index contributed by atoms with van der Waals surface area (Å²) in [4.78, 5) is 4.65. The number of thioether (sulfide) groups is 1. The zero-order valence-corrected chi connectivity index (χ0v) is 17.1. The molecule has 0 aliphatic heterocycles. The third-order valence-electron chi connectivity index (χ3n) is 4.49. The summed E-state index contributed by atoms with van der Waals surface area (Å²) in [5.74, 6) is 2.42. The smallest absolute Gasteiger partial charge is 0.191 e. The molecule has 3 heterocycles. The minimum atomic E-state index is -0.182. The van der Waals surface area contributed by atoms with Crippen LogP contribution in [0.15, 0.2) is 60.0 Å². The maximum absolute atomic E-state index is 6.09. The van der Waals surface area contributed by atoms with Crippen LogP contribution in [0.2, 0.25) is 0 Å². The molecule has 4 rings (SSSR count).